The van der Waals surface area contributed by atoms with E-state index in [0.717, 1.165) is 30.6 Å². The SMILES string of the molecule is CC(=O)Nc1ccc(NC(=O)CC2CCCCC2N)cc1.Cl. The number of benzene rings is 1. The van der Waals surface area contributed by atoms with Gasteiger partial charge in [0.15, 0.2) is 0 Å². The van der Waals surface area contributed by atoms with E-state index in [1.54, 1.807) is 24.3 Å². The lowest BCUT2D eigenvalue weighted by atomic mass is 9.83. The van der Waals surface area contributed by atoms with Crippen molar-refractivity contribution in [3.63, 3.8) is 0 Å². The van der Waals surface area contributed by atoms with Gasteiger partial charge in [-0.15, -0.1) is 12.4 Å². The van der Waals surface area contributed by atoms with Crippen LogP contribution in [0.2, 0.25) is 0 Å². The molecule has 0 spiro atoms. The molecular formula is C16H24ClN3O2. The number of carbonyl (C=O) groups excluding carboxylic acids is 2. The number of hydrogen-bond acceptors (Lipinski definition) is 3. The minimum absolute atomic E-state index is 0. The molecule has 1 aromatic carbocycles. The van der Waals surface area contributed by atoms with Crippen molar-refractivity contribution in [2.45, 2.75) is 45.1 Å². The average molecular weight is 326 g/mol. The molecule has 4 N–H and O–H groups in total. The number of anilines is 2. The van der Waals surface area contributed by atoms with Gasteiger partial charge in [-0.25, -0.2) is 0 Å². The maximum atomic E-state index is 12.1. The van der Waals surface area contributed by atoms with E-state index >= 15 is 0 Å². The Morgan fingerprint density at radius 1 is 1.09 bits per heavy atom. The van der Waals surface area contributed by atoms with Crippen LogP contribution in [-0.2, 0) is 9.59 Å². The van der Waals surface area contributed by atoms with Crippen LogP contribution < -0.4 is 16.4 Å². The molecule has 0 radical (unpaired) electrons. The number of halogens is 1. The van der Waals surface area contributed by atoms with Gasteiger partial charge in [0.2, 0.25) is 11.8 Å². The average Bonchev–Trinajstić information content (AvgIpc) is 2.43. The highest BCUT2D eigenvalue weighted by Gasteiger charge is 2.24. The lowest BCUT2D eigenvalue weighted by Crippen LogP contribution is -2.35. The fraction of sp³-hybridized carbons (Fsp3) is 0.500. The minimum Gasteiger partial charge on any atom is -0.327 e. The van der Waals surface area contributed by atoms with Gasteiger partial charge in [-0.1, -0.05) is 12.8 Å². The van der Waals surface area contributed by atoms with Crippen LogP contribution in [0.5, 0.6) is 0 Å². The maximum absolute atomic E-state index is 12.1. The normalized spacial score (nSPS) is 20.6. The Morgan fingerprint density at radius 2 is 1.64 bits per heavy atom. The minimum atomic E-state index is -0.113. The zero-order chi connectivity index (χ0) is 15.2. The van der Waals surface area contributed by atoms with Crippen molar-refractivity contribution in [3.8, 4) is 0 Å². The van der Waals surface area contributed by atoms with Crippen molar-refractivity contribution in [3.05, 3.63) is 24.3 Å². The smallest absolute Gasteiger partial charge is 0.224 e. The summed E-state index contributed by atoms with van der Waals surface area (Å²) in [7, 11) is 0. The summed E-state index contributed by atoms with van der Waals surface area (Å²) >= 11 is 0. The van der Waals surface area contributed by atoms with Crippen molar-refractivity contribution in [1.82, 2.24) is 0 Å². The second kappa shape index (κ2) is 8.76. The third kappa shape index (κ3) is 5.66. The molecule has 1 aromatic rings. The van der Waals surface area contributed by atoms with E-state index in [4.69, 9.17) is 5.73 Å². The van der Waals surface area contributed by atoms with Gasteiger partial charge in [-0.3, -0.25) is 9.59 Å². The second-order valence-corrected chi connectivity index (χ2v) is 5.72. The molecule has 1 aliphatic rings. The number of hydrogen-bond donors (Lipinski definition) is 3. The molecule has 5 nitrogen and oxygen atoms in total. The topological polar surface area (TPSA) is 84.2 Å². The van der Waals surface area contributed by atoms with Gasteiger partial charge in [0.1, 0.15) is 0 Å². The van der Waals surface area contributed by atoms with Gasteiger partial charge in [0.05, 0.1) is 0 Å². The molecule has 1 saturated carbocycles. The van der Waals surface area contributed by atoms with Crippen LogP contribution in [0.3, 0.4) is 0 Å². The number of rotatable bonds is 4. The molecule has 2 unspecified atom stereocenters. The molecular weight excluding hydrogens is 302 g/mol. The molecule has 0 bridgehead atoms. The van der Waals surface area contributed by atoms with E-state index in [1.165, 1.54) is 13.3 Å². The number of nitrogens with one attached hydrogen (secondary N) is 2. The molecule has 1 fully saturated rings. The highest BCUT2D eigenvalue weighted by Crippen LogP contribution is 2.26. The van der Waals surface area contributed by atoms with E-state index in [9.17, 15) is 9.59 Å². The number of amides is 2. The molecule has 2 atom stereocenters. The van der Waals surface area contributed by atoms with Gasteiger partial charge < -0.3 is 16.4 Å². The quantitative estimate of drug-likeness (QED) is 0.795. The van der Waals surface area contributed by atoms with Crippen LogP contribution in [-0.4, -0.2) is 17.9 Å². The van der Waals surface area contributed by atoms with Crippen LogP contribution >= 0.6 is 12.4 Å². The molecule has 2 amide bonds. The van der Waals surface area contributed by atoms with Crippen molar-refractivity contribution in [1.29, 1.82) is 0 Å². The van der Waals surface area contributed by atoms with Gasteiger partial charge >= 0.3 is 0 Å². The lowest BCUT2D eigenvalue weighted by Gasteiger charge is -2.27. The first kappa shape index (κ1) is 18.5. The van der Waals surface area contributed by atoms with E-state index in [2.05, 4.69) is 10.6 Å². The lowest BCUT2D eigenvalue weighted by molar-refractivity contribution is -0.117. The number of carbonyl (C=O) groups is 2. The molecule has 0 aromatic heterocycles. The first-order valence-electron chi connectivity index (χ1n) is 7.47. The predicted octanol–water partition coefficient (Wildman–Crippen LogP) is 2.91. The molecule has 22 heavy (non-hydrogen) atoms. The molecule has 6 heteroatoms. The van der Waals surface area contributed by atoms with Crippen LogP contribution in [0, 0.1) is 5.92 Å². The largest absolute Gasteiger partial charge is 0.327 e. The highest BCUT2D eigenvalue weighted by molar-refractivity contribution is 5.92. The van der Waals surface area contributed by atoms with Crippen LogP contribution in [0.1, 0.15) is 39.0 Å². The van der Waals surface area contributed by atoms with Crippen molar-refractivity contribution in [2.75, 3.05) is 10.6 Å². The van der Waals surface area contributed by atoms with Crippen molar-refractivity contribution < 1.29 is 9.59 Å². The summed E-state index contributed by atoms with van der Waals surface area (Å²) in [5, 5.41) is 5.57. The van der Waals surface area contributed by atoms with E-state index in [-0.39, 0.29) is 36.2 Å². The third-order valence-corrected chi connectivity index (χ3v) is 3.90. The van der Waals surface area contributed by atoms with Gasteiger partial charge in [-0.2, -0.15) is 0 Å². The van der Waals surface area contributed by atoms with Gasteiger partial charge in [0.25, 0.3) is 0 Å². The first-order valence-corrected chi connectivity index (χ1v) is 7.47. The van der Waals surface area contributed by atoms with Gasteiger partial charge in [-0.05, 0) is 43.0 Å². The van der Waals surface area contributed by atoms with Crippen LogP contribution in [0.4, 0.5) is 11.4 Å². The third-order valence-electron chi connectivity index (χ3n) is 3.90. The summed E-state index contributed by atoms with van der Waals surface area (Å²) in [5.74, 6) is 0.181. The Kier molecular flexibility index (Phi) is 7.35. The molecule has 2 rings (SSSR count). The Hall–Kier alpha value is -1.59. The first-order chi connectivity index (χ1) is 10.0. The summed E-state index contributed by atoms with van der Waals surface area (Å²) in [6.45, 7) is 1.46. The Labute approximate surface area is 137 Å². The highest BCUT2D eigenvalue weighted by atomic mass is 35.5. The second-order valence-electron chi connectivity index (χ2n) is 5.72. The number of nitrogens with two attached hydrogens (primary N) is 1. The standard InChI is InChI=1S/C16H23N3O2.ClH/c1-11(20)18-13-6-8-14(9-7-13)19-16(21)10-12-4-2-3-5-15(12)17;/h6-9,12,15H,2-5,10,17H2,1H3,(H,18,20)(H,19,21);1H. The fourth-order valence-corrected chi connectivity index (χ4v) is 2.78. The molecule has 122 valence electrons. The summed E-state index contributed by atoms with van der Waals surface area (Å²) in [4.78, 5) is 23.0. The van der Waals surface area contributed by atoms with Crippen molar-refractivity contribution >= 4 is 35.6 Å². The Balaban J connectivity index is 0.00000242. The molecule has 0 heterocycles. The predicted molar refractivity (Wildman–Crippen MR) is 91.2 cm³/mol. The summed E-state index contributed by atoms with van der Waals surface area (Å²) in [6.07, 6.45) is 4.87. The van der Waals surface area contributed by atoms with Crippen LogP contribution in [0.15, 0.2) is 24.3 Å². The van der Waals surface area contributed by atoms with Gasteiger partial charge in [0, 0.05) is 30.8 Å². The monoisotopic (exact) mass is 325 g/mol. The molecule has 0 aliphatic heterocycles. The maximum Gasteiger partial charge on any atom is 0.224 e. The van der Waals surface area contributed by atoms with Crippen LogP contribution in [0.25, 0.3) is 0 Å². The molecule has 1 aliphatic carbocycles. The van der Waals surface area contributed by atoms with Crippen molar-refractivity contribution in [2.24, 2.45) is 11.7 Å². The van der Waals surface area contributed by atoms with E-state index < -0.39 is 0 Å². The van der Waals surface area contributed by atoms with E-state index in [1.807, 2.05) is 0 Å². The Morgan fingerprint density at radius 3 is 2.18 bits per heavy atom. The molecule has 0 saturated heterocycles. The summed E-state index contributed by atoms with van der Waals surface area (Å²) < 4.78 is 0. The fourth-order valence-electron chi connectivity index (χ4n) is 2.78. The summed E-state index contributed by atoms with van der Waals surface area (Å²) in [6, 6.07) is 7.24. The summed E-state index contributed by atoms with van der Waals surface area (Å²) in [5.41, 5.74) is 7.52. The Bertz CT molecular complexity index is 505. The van der Waals surface area contributed by atoms with E-state index in [0.29, 0.717) is 6.42 Å². The zero-order valence-corrected chi connectivity index (χ0v) is 13.6. The zero-order valence-electron chi connectivity index (χ0n) is 12.8.